The summed E-state index contributed by atoms with van der Waals surface area (Å²) in [6.07, 6.45) is -2.44. The maximum absolute atomic E-state index is 11.0. The van der Waals surface area contributed by atoms with Crippen molar-refractivity contribution < 1.29 is 29.7 Å². The van der Waals surface area contributed by atoms with Gasteiger partial charge in [-0.05, 0) is 6.32 Å². The lowest BCUT2D eigenvalue weighted by Gasteiger charge is -2.25. The van der Waals surface area contributed by atoms with Crippen molar-refractivity contribution in [3.63, 3.8) is 0 Å². The van der Waals surface area contributed by atoms with E-state index in [1.165, 1.54) is 0 Å². The summed E-state index contributed by atoms with van der Waals surface area (Å²) >= 11 is 2.69. The van der Waals surface area contributed by atoms with Crippen LogP contribution >= 0.6 is 15.9 Å². The summed E-state index contributed by atoms with van der Waals surface area (Å²) in [5.41, 5.74) is 0. The van der Waals surface area contributed by atoms with Crippen LogP contribution in [0.2, 0.25) is 6.32 Å². The smallest absolute Gasteiger partial charge is 0.435 e. The van der Waals surface area contributed by atoms with E-state index in [-0.39, 0.29) is 15.5 Å². The molecule has 0 saturated carbocycles. The SMILES string of the molecule is [B]CC(=O)N(OO)N(C(=O)O)C(=O)CBr. The van der Waals surface area contributed by atoms with E-state index in [4.69, 9.17) is 18.2 Å². The maximum Gasteiger partial charge on any atom is 0.435 e. The Kier molecular flexibility index (Phi) is 5.90. The van der Waals surface area contributed by atoms with Gasteiger partial charge in [-0.25, -0.2) is 10.1 Å². The molecule has 0 atom stereocenters. The van der Waals surface area contributed by atoms with Gasteiger partial charge in [0.2, 0.25) is 0 Å². The summed E-state index contributed by atoms with van der Waals surface area (Å²) in [7, 11) is 4.90. The van der Waals surface area contributed by atoms with Crippen molar-refractivity contribution in [1.29, 1.82) is 0 Å². The Morgan fingerprint density at radius 3 is 2.13 bits per heavy atom. The van der Waals surface area contributed by atoms with Crippen molar-refractivity contribution in [2.24, 2.45) is 0 Å². The van der Waals surface area contributed by atoms with Gasteiger partial charge < -0.3 is 5.11 Å². The zero-order valence-corrected chi connectivity index (χ0v) is 8.88. The summed E-state index contributed by atoms with van der Waals surface area (Å²) in [6, 6.07) is 0. The molecule has 8 nitrogen and oxygen atoms in total. The van der Waals surface area contributed by atoms with Crippen molar-refractivity contribution >= 4 is 41.7 Å². The lowest BCUT2D eigenvalue weighted by Crippen LogP contribution is -2.52. The number of hydroxylamine groups is 1. The fourth-order valence-electron chi connectivity index (χ4n) is 0.614. The quantitative estimate of drug-likeness (QED) is 0.316. The van der Waals surface area contributed by atoms with Crippen molar-refractivity contribution in [3.8, 4) is 0 Å². The summed E-state index contributed by atoms with van der Waals surface area (Å²) in [4.78, 5) is 36.0. The number of hydrazine groups is 1. The second-order valence-corrected chi connectivity index (χ2v) is 2.63. The van der Waals surface area contributed by atoms with E-state index in [1.807, 2.05) is 0 Å². The lowest BCUT2D eigenvalue weighted by atomic mass is 10.1. The molecule has 0 saturated heterocycles. The van der Waals surface area contributed by atoms with E-state index >= 15 is 0 Å². The molecule has 0 aliphatic carbocycles. The molecule has 10 heteroatoms. The number of alkyl halides is 1. The van der Waals surface area contributed by atoms with Crippen LogP contribution in [0.4, 0.5) is 4.79 Å². The molecule has 15 heavy (non-hydrogen) atoms. The van der Waals surface area contributed by atoms with E-state index in [9.17, 15) is 14.4 Å². The van der Waals surface area contributed by atoms with E-state index in [0.717, 1.165) is 0 Å². The van der Waals surface area contributed by atoms with Crippen molar-refractivity contribution in [1.82, 2.24) is 10.2 Å². The molecule has 0 fully saturated rings. The van der Waals surface area contributed by atoms with Gasteiger partial charge in [-0.1, -0.05) is 26.1 Å². The Balaban J connectivity index is 4.94. The molecule has 0 aliphatic heterocycles. The van der Waals surface area contributed by atoms with Crippen LogP contribution in [0.25, 0.3) is 0 Å². The minimum Gasteiger partial charge on any atom is -0.463 e. The summed E-state index contributed by atoms with van der Waals surface area (Å²) < 4.78 is 0. The van der Waals surface area contributed by atoms with Gasteiger partial charge >= 0.3 is 6.09 Å². The summed E-state index contributed by atoms with van der Waals surface area (Å²) in [5.74, 6) is -2.13. The monoisotopic (exact) mass is 280 g/mol. The largest absolute Gasteiger partial charge is 0.463 e. The third-order valence-electron chi connectivity index (χ3n) is 1.18. The molecule has 2 N–H and O–H groups in total. The number of imide groups is 1. The molecular formula is C5H6BBrN2O6. The number of hydrogen-bond donors (Lipinski definition) is 2. The van der Waals surface area contributed by atoms with Crippen LogP contribution in [0.15, 0.2) is 0 Å². The summed E-state index contributed by atoms with van der Waals surface area (Å²) in [6.45, 7) is 0. The van der Waals surface area contributed by atoms with Gasteiger partial charge in [0, 0.05) is 0 Å². The minimum absolute atomic E-state index is 0.121. The van der Waals surface area contributed by atoms with Crippen LogP contribution in [0, 0.1) is 0 Å². The molecule has 0 aromatic heterocycles. The standard InChI is InChI=1S/C5H6BBrN2O6/c6-1-3(10)9(15-14)8(5(12)13)4(11)2-7/h14H,1-2H2,(H,12,13). The van der Waals surface area contributed by atoms with Gasteiger partial charge in [0.25, 0.3) is 11.8 Å². The molecule has 0 bridgehead atoms. The first-order valence-corrected chi connectivity index (χ1v) is 4.58. The highest BCUT2D eigenvalue weighted by molar-refractivity contribution is 9.09. The first kappa shape index (κ1) is 13.9. The third-order valence-corrected chi connectivity index (χ3v) is 1.66. The second kappa shape index (κ2) is 6.38. The number of carboxylic acid groups (broad SMARTS) is 1. The van der Waals surface area contributed by atoms with Crippen LogP contribution in [0.5, 0.6) is 0 Å². The number of carbonyl (C=O) groups is 3. The first-order chi connectivity index (χ1) is 6.99. The Labute approximate surface area is 93.8 Å². The van der Waals surface area contributed by atoms with Gasteiger partial charge in [-0.2, -0.15) is 0 Å². The number of amides is 3. The Morgan fingerprint density at radius 2 is 1.87 bits per heavy atom. The molecule has 0 rings (SSSR count). The fourth-order valence-corrected chi connectivity index (χ4v) is 0.851. The van der Waals surface area contributed by atoms with Crippen molar-refractivity contribution in [2.45, 2.75) is 6.32 Å². The zero-order chi connectivity index (χ0) is 12.0. The average molecular weight is 281 g/mol. The highest BCUT2D eigenvalue weighted by Crippen LogP contribution is 2.04. The van der Waals surface area contributed by atoms with Crippen LogP contribution in [-0.4, -0.2) is 51.6 Å². The molecule has 0 unspecified atom stereocenters. The van der Waals surface area contributed by atoms with Gasteiger partial charge in [-0.3, -0.25) is 9.59 Å². The van der Waals surface area contributed by atoms with Crippen LogP contribution in [0.1, 0.15) is 0 Å². The van der Waals surface area contributed by atoms with Gasteiger partial charge in [0.1, 0.15) is 0 Å². The predicted octanol–water partition coefficient (Wildman–Crippen LogP) is -0.377. The average Bonchev–Trinajstić information content (AvgIpc) is 2.22. The first-order valence-electron chi connectivity index (χ1n) is 3.45. The molecule has 82 valence electrons. The van der Waals surface area contributed by atoms with Crippen LogP contribution < -0.4 is 0 Å². The lowest BCUT2D eigenvalue weighted by molar-refractivity contribution is -0.418. The molecule has 0 aliphatic rings. The molecule has 0 spiro atoms. The third kappa shape index (κ3) is 3.49. The number of hydrogen-bond acceptors (Lipinski definition) is 5. The molecular weight excluding hydrogens is 275 g/mol. The van der Waals surface area contributed by atoms with Crippen molar-refractivity contribution in [2.75, 3.05) is 5.33 Å². The Morgan fingerprint density at radius 1 is 1.33 bits per heavy atom. The highest BCUT2D eigenvalue weighted by atomic mass is 79.9. The van der Waals surface area contributed by atoms with Crippen molar-refractivity contribution in [3.05, 3.63) is 0 Å². The number of halogens is 1. The van der Waals surface area contributed by atoms with Gasteiger partial charge in [-0.15, -0.1) is 5.01 Å². The van der Waals surface area contributed by atoms with E-state index in [1.54, 1.807) is 0 Å². The normalized spacial score (nSPS) is 9.47. The summed E-state index contributed by atoms with van der Waals surface area (Å²) in [5, 5.41) is 16.2. The molecule has 0 heterocycles. The molecule has 0 aromatic carbocycles. The molecule has 0 aromatic rings. The second-order valence-electron chi connectivity index (χ2n) is 2.07. The van der Waals surface area contributed by atoms with E-state index < -0.39 is 24.2 Å². The Bertz CT molecular complexity index is 274. The van der Waals surface area contributed by atoms with Crippen LogP contribution in [0.3, 0.4) is 0 Å². The maximum atomic E-state index is 11.0. The van der Waals surface area contributed by atoms with Crippen LogP contribution in [-0.2, 0) is 14.6 Å². The van der Waals surface area contributed by atoms with Gasteiger partial charge in [0.15, 0.2) is 0 Å². The number of rotatable bonds is 3. The predicted molar refractivity (Wildman–Crippen MR) is 49.8 cm³/mol. The number of carbonyl (C=O) groups excluding carboxylic acids is 2. The zero-order valence-electron chi connectivity index (χ0n) is 7.29. The minimum atomic E-state index is -1.80. The highest BCUT2D eigenvalue weighted by Gasteiger charge is 2.31. The fraction of sp³-hybridized carbons (Fsp3) is 0.400. The molecule has 2 radical (unpaired) electrons. The number of nitrogens with zero attached hydrogens (tertiary/aromatic N) is 2. The molecule has 3 amide bonds. The van der Waals surface area contributed by atoms with E-state index in [0.29, 0.717) is 0 Å². The topological polar surface area (TPSA) is 107 Å². The Hall–Kier alpha value is -1.13. The van der Waals surface area contributed by atoms with Gasteiger partial charge in [0.05, 0.1) is 13.2 Å². The van der Waals surface area contributed by atoms with E-state index in [2.05, 4.69) is 20.9 Å².